The lowest BCUT2D eigenvalue weighted by molar-refractivity contribution is 0.442. The zero-order valence-corrected chi connectivity index (χ0v) is 13.3. The van der Waals surface area contributed by atoms with Gasteiger partial charge in [-0.05, 0) is 43.9 Å². The van der Waals surface area contributed by atoms with Gasteiger partial charge < -0.3 is 5.32 Å². The lowest BCUT2D eigenvalue weighted by atomic mass is 9.95. The van der Waals surface area contributed by atoms with E-state index in [1.807, 2.05) is 6.92 Å². The summed E-state index contributed by atoms with van der Waals surface area (Å²) in [5.41, 5.74) is 5.64. The Bertz CT molecular complexity index is 844. The van der Waals surface area contributed by atoms with Crippen molar-refractivity contribution in [3.63, 3.8) is 0 Å². The standard InChI is InChI=1S/C19H20N4/c1-13-5-7-15-8-6-14(11-18(15)23-13)12-22-17-4-2-3-16-19(17)21-10-9-20-16/h5-11,17,22H,2-4,12H2,1H3. The zero-order chi connectivity index (χ0) is 15.6. The molecule has 4 heteroatoms. The van der Waals surface area contributed by atoms with Gasteiger partial charge in [0.1, 0.15) is 0 Å². The van der Waals surface area contributed by atoms with Crippen LogP contribution >= 0.6 is 0 Å². The van der Waals surface area contributed by atoms with Crippen molar-refractivity contribution in [2.75, 3.05) is 0 Å². The summed E-state index contributed by atoms with van der Waals surface area (Å²) < 4.78 is 0. The van der Waals surface area contributed by atoms with Gasteiger partial charge in [-0.2, -0.15) is 0 Å². The molecule has 4 nitrogen and oxygen atoms in total. The largest absolute Gasteiger partial charge is 0.304 e. The molecule has 1 aliphatic rings. The van der Waals surface area contributed by atoms with E-state index in [0.29, 0.717) is 6.04 Å². The number of aromatic nitrogens is 3. The van der Waals surface area contributed by atoms with Crippen molar-refractivity contribution in [3.8, 4) is 0 Å². The van der Waals surface area contributed by atoms with Gasteiger partial charge in [0.05, 0.1) is 22.9 Å². The Hall–Kier alpha value is -2.33. The van der Waals surface area contributed by atoms with Crippen molar-refractivity contribution in [1.82, 2.24) is 20.3 Å². The lowest BCUT2D eigenvalue weighted by Crippen LogP contribution is -2.26. The molecule has 23 heavy (non-hydrogen) atoms. The van der Waals surface area contributed by atoms with Gasteiger partial charge in [-0.25, -0.2) is 0 Å². The first-order chi connectivity index (χ1) is 11.3. The summed E-state index contributed by atoms with van der Waals surface area (Å²) in [6.07, 6.45) is 6.92. The third-order valence-corrected chi connectivity index (χ3v) is 4.49. The highest BCUT2D eigenvalue weighted by molar-refractivity contribution is 5.79. The maximum atomic E-state index is 4.62. The fourth-order valence-electron chi connectivity index (χ4n) is 3.29. The molecule has 0 saturated carbocycles. The number of hydrogen-bond donors (Lipinski definition) is 1. The minimum absolute atomic E-state index is 0.300. The molecule has 1 aromatic carbocycles. The molecule has 1 N–H and O–H groups in total. The van der Waals surface area contributed by atoms with Crippen molar-refractivity contribution in [2.45, 2.75) is 38.8 Å². The topological polar surface area (TPSA) is 50.7 Å². The van der Waals surface area contributed by atoms with Crippen LogP contribution in [0.15, 0.2) is 42.7 Å². The van der Waals surface area contributed by atoms with Crippen LogP contribution in [0.4, 0.5) is 0 Å². The number of hydrogen-bond acceptors (Lipinski definition) is 4. The van der Waals surface area contributed by atoms with Crippen LogP contribution in [0, 0.1) is 6.92 Å². The maximum absolute atomic E-state index is 4.62. The molecule has 0 radical (unpaired) electrons. The second-order valence-corrected chi connectivity index (χ2v) is 6.19. The maximum Gasteiger partial charge on any atom is 0.0788 e. The van der Waals surface area contributed by atoms with Crippen LogP contribution in [0.2, 0.25) is 0 Å². The Morgan fingerprint density at radius 3 is 2.96 bits per heavy atom. The van der Waals surface area contributed by atoms with Crippen LogP contribution in [-0.2, 0) is 13.0 Å². The van der Waals surface area contributed by atoms with E-state index in [1.165, 1.54) is 17.4 Å². The van der Waals surface area contributed by atoms with Crippen LogP contribution in [0.3, 0.4) is 0 Å². The van der Waals surface area contributed by atoms with Crippen LogP contribution < -0.4 is 5.32 Å². The highest BCUT2D eigenvalue weighted by Crippen LogP contribution is 2.26. The predicted molar refractivity (Wildman–Crippen MR) is 91.0 cm³/mol. The highest BCUT2D eigenvalue weighted by atomic mass is 15.0. The minimum atomic E-state index is 0.300. The second-order valence-electron chi connectivity index (χ2n) is 6.19. The van der Waals surface area contributed by atoms with Gasteiger partial charge in [0.15, 0.2) is 0 Å². The number of fused-ring (bicyclic) bond motifs is 2. The molecule has 0 bridgehead atoms. The molecule has 4 rings (SSSR count). The first-order valence-corrected chi connectivity index (χ1v) is 8.19. The van der Waals surface area contributed by atoms with Crippen LogP contribution in [0.5, 0.6) is 0 Å². The quantitative estimate of drug-likeness (QED) is 0.804. The molecule has 0 spiro atoms. The van der Waals surface area contributed by atoms with Crippen LogP contribution in [-0.4, -0.2) is 15.0 Å². The lowest BCUT2D eigenvalue weighted by Gasteiger charge is -2.24. The van der Waals surface area contributed by atoms with E-state index in [0.717, 1.165) is 42.0 Å². The number of aryl methyl sites for hydroxylation is 2. The summed E-state index contributed by atoms with van der Waals surface area (Å²) in [6.45, 7) is 2.86. The van der Waals surface area contributed by atoms with Gasteiger partial charge in [-0.15, -0.1) is 0 Å². The third-order valence-electron chi connectivity index (χ3n) is 4.49. The van der Waals surface area contributed by atoms with E-state index in [-0.39, 0.29) is 0 Å². The number of benzene rings is 1. The molecule has 116 valence electrons. The summed E-state index contributed by atoms with van der Waals surface area (Å²) in [7, 11) is 0. The van der Waals surface area contributed by atoms with E-state index < -0.39 is 0 Å². The normalized spacial score (nSPS) is 17.2. The van der Waals surface area contributed by atoms with Gasteiger partial charge in [0.25, 0.3) is 0 Å². The number of rotatable bonds is 3. The predicted octanol–water partition coefficient (Wildman–Crippen LogP) is 3.50. The smallest absolute Gasteiger partial charge is 0.0788 e. The number of nitrogens with one attached hydrogen (secondary N) is 1. The van der Waals surface area contributed by atoms with Crippen molar-refractivity contribution in [2.24, 2.45) is 0 Å². The van der Waals surface area contributed by atoms with Crippen molar-refractivity contribution >= 4 is 10.9 Å². The Labute approximate surface area is 136 Å². The van der Waals surface area contributed by atoms with E-state index >= 15 is 0 Å². The number of pyridine rings is 1. The fourth-order valence-corrected chi connectivity index (χ4v) is 3.29. The van der Waals surface area contributed by atoms with E-state index in [1.54, 1.807) is 12.4 Å². The first kappa shape index (κ1) is 14.3. The molecule has 0 aliphatic heterocycles. The molecule has 3 aromatic rings. The molecular weight excluding hydrogens is 284 g/mol. The molecule has 0 fully saturated rings. The first-order valence-electron chi connectivity index (χ1n) is 8.19. The summed E-state index contributed by atoms with van der Waals surface area (Å²) in [5.74, 6) is 0. The Morgan fingerprint density at radius 1 is 1.13 bits per heavy atom. The molecule has 1 aliphatic carbocycles. The minimum Gasteiger partial charge on any atom is -0.304 e. The monoisotopic (exact) mass is 304 g/mol. The SMILES string of the molecule is Cc1ccc2ccc(CNC3CCCc4nccnc43)cc2n1. The highest BCUT2D eigenvalue weighted by Gasteiger charge is 2.21. The molecule has 1 atom stereocenters. The van der Waals surface area contributed by atoms with Crippen LogP contribution in [0.1, 0.15) is 41.5 Å². The Morgan fingerprint density at radius 2 is 2.00 bits per heavy atom. The van der Waals surface area contributed by atoms with Gasteiger partial charge >= 0.3 is 0 Å². The number of nitrogens with zero attached hydrogens (tertiary/aromatic N) is 3. The molecule has 2 aromatic heterocycles. The van der Waals surface area contributed by atoms with Gasteiger partial charge in [-0.3, -0.25) is 15.0 Å². The van der Waals surface area contributed by atoms with E-state index in [9.17, 15) is 0 Å². The molecule has 0 amide bonds. The van der Waals surface area contributed by atoms with Crippen molar-refractivity contribution in [1.29, 1.82) is 0 Å². The van der Waals surface area contributed by atoms with E-state index in [2.05, 4.69) is 50.6 Å². The molecule has 2 heterocycles. The zero-order valence-electron chi connectivity index (χ0n) is 13.3. The van der Waals surface area contributed by atoms with Crippen molar-refractivity contribution < 1.29 is 0 Å². The second kappa shape index (κ2) is 6.05. The Kier molecular flexibility index (Phi) is 3.75. The molecule has 0 saturated heterocycles. The molecule has 1 unspecified atom stereocenters. The summed E-state index contributed by atoms with van der Waals surface area (Å²) >= 11 is 0. The summed E-state index contributed by atoms with van der Waals surface area (Å²) in [6, 6.07) is 11.0. The van der Waals surface area contributed by atoms with Crippen LogP contribution in [0.25, 0.3) is 10.9 Å². The summed E-state index contributed by atoms with van der Waals surface area (Å²) in [4.78, 5) is 13.6. The average molecular weight is 304 g/mol. The Balaban J connectivity index is 1.53. The van der Waals surface area contributed by atoms with Gasteiger partial charge in [0, 0.05) is 30.0 Å². The van der Waals surface area contributed by atoms with Gasteiger partial charge in [0.2, 0.25) is 0 Å². The third kappa shape index (κ3) is 2.94. The van der Waals surface area contributed by atoms with E-state index in [4.69, 9.17) is 0 Å². The molecular formula is C19H20N4. The van der Waals surface area contributed by atoms with Gasteiger partial charge in [-0.1, -0.05) is 18.2 Å². The summed E-state index contributed by atoms with van der Waals surface area (Å²) in [5, 5.41) is 4.83. The average Bonchev–Trinajstić information content (AvgIpc) is 2.59. The van der Waals surface area contributed by atoms with Crippen molar-refractivity contribution in [3.05, 3.63) is 65.4 Å². The fraction of sp³-hybridized carbons (Fsp3) is 0.316.